The second kappa shape index (κ2) is 15.0. The topological polar surface area (TPSA) is 120 Å². The highest BCUT2D eigenvalue weighted by Crippen LogP contribution is 2.39. The number of nitrogens with zero attached hydrogens (tertiary/aromatic N) is 5. The first-order chi connectivity index (χ1) is 23.7. The first kappa shape index (κ1) is 36.6. The van der Waals surface area contributed by atoms with Gasteiger partial charge < -0.3 is 25.2 Å². The Labute approximate surface area is 290 Å². The number of amides is 3. The minimum absolute atomic E-state index is 0.0433. The van der Waals surface area contributed by atoms with Gasteiger partial charge in [0.2, 0.25) is 5.91 Å². The molecule has 2 N–H and O–H groups in total. The molecule has 0 radical (unpaired) electrons. The van der Waals surface area contributed by atoms with Crippen LogP contribution in [0.3, 0.4) is 0 Å². The quantitative estimate of drug-likeness (QED) is 0.324. The number of halogens is 3. The van der Waals surface area contributed by atoms with Crippen LogP contribution in [0.2, 0.25) is 0 Å². The molecule has 50 heavy (non-hydrogen) atoms. The van der Waals surface area contributed by atoms with E-state index in [1.165, 1.54) is 37.5 Å². The van der Waals surface area contributed by atoms with Gasteiger partial charge in [0.05, 0.1) is 11.3 Å². The molecule has 268 valence electrons. The molecule has 2 fully saturated rings. The number of carbonyl (C=O) groups excluding carboxylic acids is 3. The van der Waals surface area contributed by atoms with Crippen LogP contribution in [0, 0.1) is 19.8 Å². The summed E-state index contributed by atoms with van der Waals surface area (Å²) in [5.74, 6) is -0.467. The molecule has 1 saturated carbocycles. The number of hydrogen-bond acceptors (Lipinski definition) is 8. The SMILES string of the molecule is C=CC(=O)N1CCN(C[C@@H](Oc2cc(C)c(C(=O)Nc3nnc(C(F)(F)F)cc3C)cc2C(=O)NCC)C2=CC=C(C3CC3)CN2C)C[C@H]1C. The second-order valence-corrected chi connectivity index (χ2v) is 13.2. The number of anilines is 1. The van der Waals surface area contributed by atoms with E-state index in [4.69, 9.17) is 4.74 Å². The Kier molecular flexibility index (Phi) is 11.0. The Hall–Kier alpha value is -4.72. The van der Waals surface area contributed by atoms with E-state index < -0.39 is 29.8 Å². The Morgan fingerprint density at radius 3 is 2.40 bits per heavy atom. The molecule has 0 spiro atoms. The molecule has 3 heterocycles. The zero-order chi connectivity index (χ0) is 36.3. The van der Waals surface area contributed by atoms with Crippen molar-refractivity contribution in [3.63, 3.8) is 0 Å². The molecule has 1 aromatic heterocycles. The van der Waals surface area contributed by atoms with Crippen molar-refractivity contribution in [2.24, 2.45) is 5.92 Å². The van der Waals surface area contributed by atoms with Gasteiger partial charge >= 0.3 is 6.18 Å². The molecule has 0 bridgehead atoms. The smallest absolute Gasteiger partial charge is 0.435 e. The summed E-state index contributed by atoms with van der Waals surface area (Å²) in [5, 5.41) is 12.1. The fraction of sp³-hybridized carbons (Fsp3) is 0.472. The lowest BCUT2D eigenvalue weighted by Crippen LogP contribution is -2.55. The standard InChI is InChI=1S/C36H44F3N7O4/c1-7-32(47)46-14-13-45(18-23(46)5)20-30(28-12-11-25(19-44(28)6)24-9-10-24)50-29-15-21(3)26(17-27(29)34(48)40-8-2)35(49)41-33-22(4)16-31(42-43-33)36(37,38)39/h7,11-12,15-17,23-24,30H,1,8-10,13-14,18-20H2,2-6H3,(H,40,48)(H,41,43,49)/t23-,30-/m1/s1. The number of allylic oxidation sites excluding steroid dienone is 2. The number of likely N-dealkylation sites (N-methyl/N-ethyl adjacent to an activating group) is 1. The molecule has 2 atom stereocenters. The number of piperazine rings is 1. The molecule has 0 unspecified atom stereocenters. The van der Waals surface area contributed by atoms with Crippen LogP contribution in [-0.4, -0.2) is 101 Å². The van der Waals surface area contributed by atoms with Gasteiger partial charge in [-0.25, -0.2) is 0 Å². The van der Waals surface area contributed by atoms with Gasteiger partial charge in [-0.2, -0.15) is 13.2 Å². The van der Waals surface area contributed by atoms with Crippen LogP contribution in [0.1, 0.15) is 64.2 Å². The van der Waals surface area contributed by atoms with Crippen LogP contribution in [0.4, 0.5) is 19.0 Å². The molecule has 1 aromatic carbocycles. The molecule has 2 aliphatic heterocycles. The fourth-order valence-corrected chi connectivity index (χ4v) is 6.41. The van der Waals surface area contributed by atoms with Crippen molar-refractivity contribution in [3.05, 3.63) is 82.2 Å². The van der Waals surface area contributed by atoms with Crippen molar-refractivity contribution in [2.45, 2.75) is 58.9 Å². The lowest BCUT2D eigenvalue weighted by molar-refractivity contribution is -0.141. The zero-order valence-corrected chi connectivity index (χ0v) is 29.1. The third-order valence-corrected chi connectivity index (χ3v) is 9.28. The highest BCUT2D eigenvalue weighted by atomic mass is 19.4. The highest BCUT2D eigenvalue weighted by molar-refractivity contribution is 6.07. The van der Waals surface area contributed by atoms with E-state index in [2.05, 4.69) is 49.4 Å². The maximum absolute atomic E-state index is 13.5. The minimum Gasteiger partial charge on any atom is -0.482 e. The maximum Gasteiger partial charge on any atom is 0.435 e. The third-order valence-electron chi connectivity index (χ3n) is 9.28. The average Bonchev–Trinajstić information content (AvgIpc) is 3.91. The summed E-state index contributed by atoms with van der Waals surface area (Å²) in [6, 6.07) is 3.83. The number of aromatic nitrogens is 2. The van der Waals surface area contributed by atoms with E-state index in [0.29, 0.717) is 44.2 Å². The number of aryl methyl sites for hydroxylation is 2. The summed E-state index contributed by atoms with van der Waals surface area (Å²) in [7, 11) is 2.02. The summed E-state index contributed by atoms with van der Waals surface area (Å²) in [6.45, 7) is 13.8. The predicted molar refractivity (Wildman–Crippen MR) is 183 cm³/mol. The minimum atomic E-state index is -4.68. The van der Waals surface area contributed by atoms with E-state index in [-0.39, 0.29) is 40.2 Å². The van der Waals surface area contributed by atoms with Gasteiger partial charge in [-0.3, -0.25) is 19.3 Å². The Bertz CT molecular complexity index is 1720. The first-order valence-corrected chi connectivity index (χ1v) is 16.8. The van der Waals surface area contributed by atoms with Crippen molar-refractivity contribution < 1.29 is 32.3 Å². The largest absolute Gasteiger partial charge is 0.482 e. The van der Waals surface area contributed by atoms with E-state index in [0.717, 1.165) is 18.3 Å². The number of hydrogen-bond donors (Lipinski definition) is 2. The molecule has 3 aliphatic rings. The molecular formula is C36H44F3N7O4. The van der Waals surface area contributed by atoms with Crippen LogP contribution >= 0.6 is 0 Å². The predicted octanol–water partition coefficient (Wildman–Crippen LogP) is 4.75. The van der Waals surface area contributed by atoms with Gasteiger partial charge in [0.15, 0.2) is 17.6 Å². The molecule has 1 aliphatic carbocycles. The molecule has 3 amide bonds. The number of alkyl halides is 3. The Balaban J connectivity index is 1.46. The second-order valence-electron chi connectivity index (χ2n) is 13.2. The summed E-state index contributed by atoms with van der Waals surface area (Å²) in [6.07, 6.45) is 2.77. The number of carbonyl (C=O) groups is 3. The van der Waals surface area contributed by atoms with Crippen LogP contribution in [0.5, 0.6) is 5.75 Å². The van der Waals surface area contributed by atoms with Gasteiger partial charge in [-0.05, 0) is 93.5 Å². The molecule has 2 aromatic rings. The van der Waals surface area contributed by atoms with E-state index in [1.807, 2.05) is 14.0 Å². The number of ether oxygens (including phenoxy) is 1. The van der Waals surface area contributed by atoms with Crippen molar-refractivity contribution in [1.29, 1.82) is 0 Å². The van der Waals surface area contributed by atoms with Crippen LogP contribution in [-0.2, 0) is 11.0 Å². The van der Waals surface area contributed by atoms with E-state index >= 15 is 0 Å². The van der Waals surface area contributed by atoms with E-state index in [1.54, 1.807) is 24.8 Å². The fourth-order valence-electron chi connectivity index (χ4n) is 6.41. The van der Waals surface area contributed by atoms with Crippen LogP contribution in [0.15, 0.2) is 54.3 Å². The zero-order valence-electron chi connectivity index (χ0n) is 29.1. The van der Waals surface area contributed by atoms with Crippen molar-refractivity contribution in [2.75, 3.05) is 51.6 Å². The van der Waals surface area contributed by atoms with Gasteiger partial charge in [-0.15, -0.1) is 10.2 Å². The third kappa shape index (κ3) is 8.35. The molecular weight excluding hydrogens is 651 g/mol. The Morgan fingerprint density at radius 1 is 1.06 bits per heavy atom. The number of nitrogens with one attached hydrogen (secondary N) is 2. The van der Waals surface area contributed by atoms with Gasteiger partial charge in [0, 0.05) is 57.9 Å². The molecule has 14 heteroatoms. The van der Waals surface area contributed by atoms with Gasteiger partial charge in [0.25, 0.3) is 11.8 Å². The molecule has 5 rings (SSSR count). The maximum atomic E-state index is 13.5. The summed E-state index contributed by atoms with van der Waals surface area (Å²) >= 11 is 0. The summed E-state index contributed by atoms with van der Waals surface area (Å²) < 4.78 is 46.1. The van der Waals surface area contributed by atoms with Gasteiger partial charge in [-0.1, -0.05) is 12.7 Å². The molecule has 1 saturated heterocycles. The van der Waals surface area contributed by atoms with Crippen LogP contribution < -0.4 is 15.4 Å². The number of rotatable bonds is 11. The number of benzene rings is 1. The average molecular weight is 696 g/mol. The Morgan fingerprint density at radius 2 is 1.80 bits per heavy atom. The van der Waals surface area contributed by atoms with E-state index in [9.17, 15) is 27.6 Å². The van der Waals surface area contributed by atoms with Crippen LogP contribution in [0.25, 0.3) is 0 Å². The summed E-state index contributed by atoms with van der Waals surface area (Å²) in [5.41, 5.74) is 1.96. The van der Waals surface area contributed by atoms with Crippen molar-refractivity contribution in [3.8, 4) is 5.75 Å². The van der Waals surface area contributed by atoms with Crippen molar-refractivity contribution in [1.82, 2.24) is 30.2 Å². The monoisotopic (exact) mass is 695 g/mol. The normalized spacial score (nSPS) is 18.9. The highest BCUT2D eigenvalue weighted by Gasteiger charge is 2.35. The lowest BCUT2D eigenvalue weighted by Gasteiger charge is -2.42. The molecule has 11 nitrogen and oxygen atoms in total. The van der Waals surface area contributed by atoms with Crippen molar-refractivity contribution >= 4 is 23.5 Å². The first-order valence-electron chi connectivity index (χ1n) is 16.8. The van der Waals surface area contributed by atoms with Gasteiger partial charge in [0.1, 0.15) is 5.75 Å². The lowest BCUT2D eigenvalue weighted by atomic mass is 10.0. The summed E-state index contributed by atoms with van der Waals surface area (Å²) in [4.78, 5) is 45.5.